The number of hydrogen-bond donors (Lipinski definition) is 0. The van der Waals surface area contributed by atoms with E-state index in [2.05, 4.69) is 0 Å². The van der Waals surface area contributed by atoms with Crippen LogP contribution in [-0.4, -0.2) is 67.8 Å². The second-order valence-corrected chi connectivity index (χ2v) is 9.66. The highest BCUT2D eigenvalue weighted by atomic mass is 35.5. The van der Waals surface area contributed by atoms with Crippen molar-refractivity contribution in [3.63, 3.8) is 0 Å². The van der Waals surface area contributed by atoms with Gasteiger partial charge in [-0.3, -0.25) is 9.59 Å². The van der Waals surface area contributed by atoms with Gasteiger partial charge in [-0.05, 0) is 54.6 Å². The molecule has 0 unspecified atom stereocenters. The molecule has 0 fully saturated rings. The summed E-state index contributed by atoms with van der Waals surface area (Å²) in [5.41, 5.74) is 3.17. The van der Waals surface area contributed by atoms with Crippen LogP contribution < -0.4 is 9.47 Å². The summed E-state index contributed by atoms with van der Waals surface area (Å²) >= 11 is 11.8. The van der Waals surface area contributed by atoms with Gasteiger partial charge in [-0.25, -0.2) is 9.48 Å². The van der Waals surface area contributed by atoms with Gasteiger partial charge in [0.05, 0.1) is 30.0 Å². The van der Waals surface area contributed by atoms with Crippen molar-refractivity contribution < 1.29 is 28.6 Å². The summed E-state index contributed by atoms with van der Waals surface area (Å²) in [6, 6.07) is 19.5. The van der Waals surface area contributed by atoms with Crippen molar-refractivity contribution in [2.45, 2.75) is 0 Å². The summed E-state index contributed by atoms with van der Waals surface area (Å²) in [5, 5.41) is 5.31. The lowest BCUT2D eigenvalue weighted by Crippen LogP contribution is -2.12. The first kappa shape index (κ1) is 31.9. The topological polar surface area (TPSA) is 100.0 Å². The monoisotopic (exact) mass is 609 g/mol. The minimum atomic E-state index is -0.681. The number of ketones is 1. The number of nitrogens with zero attached hydrogens (tertiary/aromatic N) is 3. The number of aromatic nitrogens is 2. The number of para-hydroxylation sites is 1. The van der Waals surface area contributed by atoms with Gasteiger partial charge in [0.25, 0.3) is 0 Å². The van der Waals surface area contributed by atoms with Gasteiger partial charge in [0.2, 0.25) is 6.41 Å². The smallest absolute Gasteiger partial charge is 0.331 e. The van der Waals surface area contributed by atoms with E-state index in [1.165, 1.54) is 29.2 Å². The van der Waals surface area contributed by atoms with Crippen LogP contribution in [0.15, 0.2) is 79.0 Å². The number of Topliss-reactive ketones (excluding diaryl/α,β-unsaturated/α-hetero) is 1. The average Bonchev–Trinajstić information content (AvgIpc) is 3.44. The number of esters is 1. The quantitative estimate of drug-likeness (QED) is 0.0939. The fraction of sp³-hybridized carbons (Fsp3) is 0.161. The molecule has 0 saturated carbocycles. The summed E-state index contributed by atoms with van der Waals surface area (Å²) in [4.78, 5) is 35.6. The second kappa shape index (κ2) is 15.4. The van der Waals surface area contributed by atoms with Crippen molar-refractivity contribution in [1.29, 1.82) is 0 Å². The zero-order chi connectivity index (χ0) is 30.6. The van der Waals surface area contributed by atoms with Gasteiger partial charge in [0.1, 0.15) is 5.69 Å². The average molecular weight is 610 g/mol. The second-order valence-electron chi connectivity index (χ2n) is 8.85. The van der Waals surface area contributed by atoms with Crippen LogP contribution in [0.4, 0.5) is 0 Å². The lowest BCUT2D eigenvalue weighted by Gasteiger charge is -2.09. The molecule has 42 heavy (non-hydrogen) atoms. The largest absolute Gasteiger partial charge is 0.493 e. The molecule has 0 aliphatic carbocycles. The number of amides is 1. The molecule has 0 aliphatic heterocycles. The summed E-state index contributed by atoms with van der Waals surface area (Å²) in [6.45, 7) is -0.438. The number of benzene rings is 3. The molecule has 0 N–H and O–H groups in total. The van der Waals surface area contributed by atoms with E-state index in [9.17, 15) is 14.4 Å². The molecule has 218 valence electrons. The summed E-state index contributed by atoms with van der Waals surface area (Å²) in [6.07, 6.45) is 5.38. The third-order valence-corrected chi connectivity index (χ3v) is 6.36. The first-order valence-corrected chi connectivity index (χ1v) is 13.2. The number of halogens is 2. The number of ether oxygens (including phenoxy) is 3. The highest BCUT2D eigenvalue weighted by molar-refractivity contribution is 6.42. The minimum absolute atomic E-state index is 0.247. The molecular weight excluding hydrogens is 581 g/mol. The Kier molecular flexibility index (Phi) is 11.7. The van der Waals surface area contributed by atoms with Crippen molar-refractivity contribution in [2.24, 2.45) is 0 Å². The van der Waals surface area contributed by atoms with Gasteiger partial charge in [-0.1, -0.05) is 41.4 Å². The lowest BCUT2D eigenvalue weighted by molar-refractivity contribution is -0.136. The highest BCUT2D eigenvalue weighted by Crippen LogP contribution is 2.34. The molecule has 0 bridgehead atoms. The van der Waals surface area contributed by atoms with Crippen LogP contribution in [0.25, 0.3) is 23.0 Å². The Morgan fingerprint density at radius 1 is 0.929 bits per heavy atom. The van der Waals surface area contributed by atoms with E-state index in [1.807, 2.05) is 42.5 Å². The molecule has 1 heterocycles. The molecule has 4 rings (SSSR count). The lowest BCUT2D eigenvalue weighted by atomic mass is 10.1. The molecule has 9 nitrogen and oxygen atoms in total. The fourth-order valence-electron chi connectivity index (χ4n) is 3.53. The molecule has 1 amide bonds. The van der Waals surface area contributed by atoms with Crippen LogP contribution >= 0.6 is 23.2 Å². The molecule has 0 saturated heterocycles. The zero-order valence-electron chi connectivity index (χ0n) is 23.4. The SMILES string of the molecule is CN(C)C=O.COc1ccc(-c2nn(-c3ccccc3)cc2C=CC(=O)OCC(=O)c2ccc(Cl)c(Cl)c2)cc1OC. The van der Waals surface area contributed by atoms with Crippen molar-refractivity contribution in [2.75, 3.05) is 34.9 Å². The van der Waals surface area contributed by atoms with Gasteiger partial charge in [-0.15, -0.1) is 0 Å². The van der Waals surface area contributed by atoms with E-state index in [0.717, 1.165) is 17.7 Å². The predicted molar refractivity (Wildman–Crippen MR) is 163 cm³/mol. The van der Waals surface area contributed by atoms with Gasteiger partial charge in [0.15, 0.2) is 23.9 Å². The molecule has 1 aromatic heterocycles. The molecule has 0 aliphatic rings. The summed E-state index contributed by atoms with van der Waals surface area (Å²) < 4.78 is 17.6. The maximum absolute atomic E-state index is 12.4. The van der Waals surface area contributed by atoms with E-state index in [1.54, 1.807) is 51.3 Å². The Hall–Kier alpha value is -4.60. The number of carbonyl (C=O) groups excluding carboxylic acids is 3. The molecular formula is C31H29Cl2N3O6. The summed E-state index contributed by atoms with van der Waals surface area (Å²) in [7, 11) is 6.49. The molecule has 11 heteroatoms. The van der Waals surface area contributed by atoms with Crippen LogP contribution in [0.1, 0.15) is 15.9 Å². The molecule has 3 aromatic carbocycles. The van der Waals surface area contributed by atoms with E-state index in [0.29, 0.717) is 33.3 Å². The van der Waals surface area contributed by atoms with Crippen molar-refractivity contribution in [1.82, 2.24) is 14.7 Å². The number of rotatable bonds is 10. The maximum atomic E-state index is 12.4. The van der Waals surface area contributed by atoms with Crippen molar-refractivity contribution in [3.8, 4) is 28.4 Å². The van der Waals surface area contributed by atoms with E-state index < -0.39 is 18.4 Å². The maximum Gasteiger partial charge on any atom is 0.331 e. The fourth-order valence-corrected chi connectivity index (χ4v) is 3.82. The Morgan fingerprint density at radius 2 is 1.62 bits per heavy atom. The molecule has 0 spiro atoms. The Balaban J connectivity index is 0.000000892. The Morgan fingerprint density at radius 3 is 2.24 bits per heavy atom. The number of hydrogen-bond acceptors (Lipinski definition) is 7. The standard InChI is InChI=1S/C28H22Cl2N2O5.C3H7NO/c1-35-25-12-9-19(15-26(25)36-2)28-20(16-32(31-28)21-6-4-3-5-7-21)10-13-27(34)37-17-24(33)18-8-11-22(29)23(30)14-18;1-4(2)3-5/h3-16H,17H2,1-2H3;3H,1-2H3. The van der Waals surface area contributed by atoms with E-state index in [-0.39, 0.29) is 5.02 Å². The highest BCUT2D eigenvalue weighted by Gasteiger charge is 2.15. The van der Waals surface area contributed by atoms with Crippen LogP contribution in [-0.2, 0) is 14.3 Å². The third kappa shape index (κ3) is 8.70. The van der Waals surface area contributed by atoms with Crippen LogP contribution in [0.3, 0.4) is 0 Å². The number of methoxy groups -OCH3 is 2. The van der Waals surface area contributed by atoms with Crippen molar-refractivity contribution in [3.05, 3.63) is 100 Å². The van der Waals surface area contributed by atoms with Gasteiger partial charge >= 0.3 is 5.97 Å². The van der Waals surface area contributed by atoms with E-state index in [4.69, 9.17) is 42.5 Å². The first-order chi connectivity index (χ1) is 20.2. The van der Waals surface area contributed by atoms with Crippen molar-refractivity contribution >= 4 is 47.4 Å². The number of carbonyl (C=O) groups is 3. The first-order valence-electron chi connectivity index (χ1n) is 12.5. The zero-order valence-corrected chi connectivity index (χ0v) is 24.9. The molecule has 4 aromatic rings. The summed E-state index contributed by atoms with van der Waals surface area (Å²) in [5.74, 6) is 0.0489. The minimum Gasteiger partial charge on any atom is -0.493 e. The Labute approximate surface area is 253 Å². The van der Waals surface area contributed by atoms with Gasteiger partial charge in [-0.2, -0.15) is 5.10 Å². The molecule has 0 radical (unpaired) electrons. The molecule has 0 atom stereocenters. The normalized spacial score (nSPS) is 10.4. The van der Waals surface area contributed by atoms with Gasteiger partial charge < -0.3 is 19.1 Å². The third-order valence-electron chi connectivity index (χ3n) is 5.62. The van der Waals surface area contributed by atoms with Crippen LogP contribution in [0.2, 0.25) is 10.0 Å². The predicted octanol–water partition coefficient (Wildman–Crippen LogP) is 6.01. The van der Waals surface area contributed by atoms with Gasteiger partial charge in [0, 0.05) is 43.1 Å². The van der Waals surface area contributed by atoms with Crippen LogP contribution in [0.5, 0.6) is 11.5 Å². The Bertz CT molecular complexity index is 1570. The van der Waals surface area contributed by atoms with Crippen LogP contribution in [0, 0.1) is 0 Å². The van der Waals surface area contributed by atoms with E-state index >= 15 is 0 Å².